The number of amides is 1. The van der Waals surface area contributed by atoms with E-state index in [9.17, 15) is 4.79 Å². The Morgan fingerprint density at radius 1 is 1.32 bits per heavy atom. The summed E-state index contributed by atoms with van der Waals surface area (Å²) in [5.41, 5.74) is 6.79. The predicted molar refractivity (Wildman–Crippen MR) is 79.5 cm³/mol. The van der Waals surface area contributed by atoms with Gasteiger partial charge in [-0.3, -0.25) is 9.78 Å². The number of nitrogens with one attached hydrogen (secondary N) is 1. The minimum absolute atomic E-state index is 0.115. The first kappa shape index (κ1) is 13.7. The van der Waals surface area contributed by atoms with E-state index in [1.807, 2.05) is 12.1 Å². The van der Waals surface area contributed by atoms with Crippen LogP contribution < -0.4 is 11.1 Å². The summed E-state index contributed by atoms with van der Waals surface area (Å²) in [4.78, 5) is 16.7. The molecule has 0 fully saturated rings. The quantitative estimate of drug-likeness (QED) is 0.671. The molecule has 0 saturated heterocycles. The SMILES string of the molecule is Nc1cc(Cl)ccc1NC(=O)CSc1ccncc1. The number of hydrogen-bond donors (Lipinski definition) is 2. The zero-order valence-corrected chi connectivity index (χ0v) is 11.5. The molecule has 2 rings (SSSR count). The van der Waals surface area contributed by atoms with E-state index in [2.05, 4.69) is 10.3 Å². The summed E-state index contributed by atoms with van der Waals surface area (Å²) in [5, 5.41) is 3.29. The van der Waals surface area contributed by atoms with Gasteiger partial charge in [0, 0.05) is 22.3 Å². The Morgan fingerprint density at radius 2 is 2.05 bits per heavy atom. The molecule has 0 saturated carbocycles. The van der Waals surface area contributed by atoms with Crippen LogP contribution in [0.15, 0.2) is 47.6 Å². The molecule has 98 valence electrons. The Labute approximate surface area is 120 Å². The molecule has 0 aliphatic carbocycles. The minimum atomic E-state index is -0.115. The van der Waals surface area contributed by atoms with Crippen LogP contribution in [0.5, 0.6) is 0 Å². The molecule has 0 spiro atoms. The molecule has 1 heterocycles. The molecule has 2 aromatic rings. The molecule has 6 heteroatoms. The number of aromatic nitrogens is 1. The van der Waals surface area contributed by atoms with Crippen LogP contribution in [0, 0.1) is 0 Å². The second-order valence-electron chi connectivity index (χ2n) is 3.75. The number of carbonyl (C=O) groups excluding carboxylic acids is 1. The number of thioether (sulfide) groups is 1. The average molecular weight is 294 g/mol. The van der Waals surface area contributed by atoms with Crippen molar-refractivity contribution in [1.29, 1.82) is 0 Å². The van der Waals surface area contributed by atoms with Crippen molar-refractivity contribution in [3.8, 4) is 0 Å². The van der Waals surface area contributed by atoms with Crippen LogP contribution in [0.2, 0.25) is 5.02 Å². The molecular weight excluding hydrogens is 282 g/mol. The molecule has 19 heavy (non-hydrogen) atoms. The Balaban J connectivity index is 1.91. The lowest BCUT2D eigenvalue weighted by Crippen LogP contribution is -2.15. The number of hydrogen-bond acceptors (Lipinski definition) is 4. The lowest BCUT2D eigenvalue weighted by molar-refractivity contribution is -0.113. The molecule has 0 aliphatic heterocycles. The van der Waals surface area contributed by atoms with Crippen LogP contribution in [-0.4, -0.2) is 16.6 Å². The van der Waals surface area contributed by atoms with E-state index in [1.54, 1.807) is 30.6 Å². The molecule has 1 aromatic heterocycles. The lowest BCUT2D eigenvalue weighted by Gasteiger charge is -2.08. The maximum absolute atomic E-state index is 11.8. The molecule has 0 atom stereocenters. The normalized spacial score (nSPS) is 10.2. The summed E-state index contributed by atoms with van der Waals surface area (Å²) in [6.07, 6.45) is 3.38. The summed E-state index contributed by atoms with van der Waals surface area (Å²) < 4.78 is 0. The first-order valence-electron chi connectivity index (χ1n) is 5.53. The van der Waals surface area contributed by atoms with E-state index in [0.717, 1.165) is 4.90 Å². The molecule has 0 aliphatic rings. The van der Waals surface area contributed by atoms with Crippen LogP contribution >= 0.6 is 23.4 Å². The van der Waals surface area contributed by atoms with Gasteiger partial charge < -0.3 is 11.1 Å². The van der Waals surface area contributed by atoms with Gasteiger partial charge in [-0.2, -0.15) is 0 Å². The molecule has 0 radical (unpaired) electrons. The summed E-state index contributed by atoms with van der Waals surface area (Å²) in [6, 6.07) is 8.69. The standard InChI is InChI=1S/C13H12ClN3OS/c14-9-1-2-12(11(15)7-9)17-13(18)8-19-10-3-5-16-6-4-10/h1-7H,8,15H2,(H,17,18). The summed E-state index contributed by atoms with van der Waals surface area (Å²) >= 11 is 7.23. The lowest BCUT2D eigenvalue weighted by atomic mass is 10.2. The van der Waals surface area contributed by atoms with Crippen molar-refractivity contribution in [1.82, 2.24) is 4.98 Å². The van der Waals surface area contributed by atoms with Gasteiger partial charge in [0.1, 0.15) is 0 Å². The second-order valence-corrected chi connectivity index (χ2v) is 5.24. The average Bonchev–Trinajstić information content (AvgIpc) is 2.41. The van der Waals surface area contributed by atoms with Gasteiger partial charge in [-0.1, -0.05) is 11.6 Å². The Bertz CT molecular complexity index is 577. The fourth-order valence-corrected chi connectivity index (χ4v) is 2.28. The Morgan fingerprint density at radius 3 is 2.74 bits per heavy atom. The number of halogens is 1. The van der Waals surface area contributed by atoms with Gasteiger partial charge >= 0.3 is 0 Å². The maximum Gasteiger partial charge on any atom is 0.234 e. The van der Waals surface area contributed by atoms with Crippen molar-refractivity contribution < 1.29 is 4.79 Å². The third-order valence-electron chi connectivity index (χ3n) is 2.31. The highest BCUT2D eigenvalue weighted by Gasteiger charge is 2.06. The molecule has 3 N–H and O–H groups in total. The number of rotatable bonds is 4. The second kappa shape index (κ2) is 6.45. The van der Waals surface area contributed by atoms with Gasteiger partial charge in [-0.05, 0) is 30.3 Å². The van der Waals surface area contributed by atoms with Crippen molar-refractivity contribution in [3.63, 3.8) is 0 Å². The number of pyridine rings is 1. The Hall–Kier alpha value is -1.72. The highest BCUT2D eigenvalue weighted by molar-refractivity contribution is 8.00. The van der Waals surface area contributed by atoms with Crippen molar-refractivity contribution >= 4 is 40.6 Å². The van der Waals surface area contributed by atoms with Crippen LogP contribution in [0.25, 0.3) is 0 Å². The van der Waals surface area contributed by atoms with Crippen molar-refractivity contribution in [2.75, 3.05) is 16.8 Å². The number of benzene rings is 1. The molecular formula is C13H12ClN3OS. The van der Waals surface area contributed by atoms with Gasteiger partial charge in [0.05, 0.1) is 17.1 Å². The molecule has 1 amide bonds. The summed E-state index contributed by atoms with van der Waals surface area (Å²) in [5.74, 6) is 0.197. The van der Waals surface area contributed by atoms with Crippen LogP contribution in [0.4, 0.5) is 11.4 Å². The third-order valence-corrected chi connectivity index (χ3v) is 3.55. The van der Waals surface area contributed by atoms with E-state index < -0.39 is 0 Å². The number of nitrogens with zero attached hydrogens (tertiary/aromatic N) is 1. The predicted octanol–water partition coefficient (Wildman–Crippen LogP) is 3.05. The molecule has 4 nitrogen and oxygen atoms in total. The third kappa shape index (κ3) is 4.15. The number of nitrogens with two attached hydrogens (primary N) is 1. The molecule has 0 bridgehead atoms. The zero-order valence-electron chi connectivity index (χ0n) is 9.97. The largest absolute Gasteiger partial charge is 0.397 e. The van der Waals surface area contributed by atoms with Gasteiger partial charge in [0.15, 0.2) is 0 Å². The number of nitrogen functional groups attached to an aromatic ring is 1. The first-order valence-corrected chi connectivity index (χ1v) is 6.89. The van der Waals surface area contributed by atoms with Crippen molar-refractivity contribution in [2.45, 2.75) is 4.90 Å². The smallest absolute Gasteiger partial charge is 0.234 e. The van der Waals surface area contributed by atoms with Crippen molar-refractivity contribution in [3.05, 3.63) is 47.7 Å². The molecule has 1 aromatic carbocycles. The monoisotopic (exact) mass is 293 g/mol. The van der Waals surface area contributed by atoms with Gasteiger partial charge in [-0.15, -0.1) is 11.8 Å². The van der Waals surface area contributed by atoms with Gasteiger partial charge in [0.25, 0.3) is 0 Å². The summed E-state index contributed by atoms with van der Waals surface area (Å²) in [7, 11) is 0. The summed E-state index contributed by atoms with van der Waals surface area (Å²) in [6.45, 7) is 0. The van der Waals surface area contributed by atoms with Crippen LogP contribution in [-0.2, 0) is 4.79 Å². The molecule has 0 unspecified atom stereocenters. The van der Waals surface area contributed by atoms with E-state index in [-0.39, 0.29) is 5.91 Å². The van der Waals surface area contributed by atoms with E-state index >= 15 is 0 Å². The zero-order chi connectivity index (χ0) is 13.7. The minimum Gasteiger partial charge on any atom is -0.397 e. The van der Waals surface area contributed by atoms with Gasteiger partial charge in [0.2, 0.25) is 5.91 Å². The first-order chi connectivity index (χ1) is 9.15. The van der Waals surface area contributed by atoms with E-state index in [1.165, 1.54) is 11.8 Å². The Kier molecular flexibility index (Phi) is 4.65. The van der Waals surface area contributed by atoms with Gasteiger partial charge in [-0.25, -0.2) is 0 Å². The number of anilines is 2. The fourth-order valence-electron chi connectivity index (χ4n) is 1.42. The van der Waals surface area contributed by atoms with Crippen LogP contribution in [0.1, 0.15) is 0 Å². The topological polar surface area (TPSA) is 68.0 Å². The maximum atomic E-state index is 11.8. The fraction of sp³-hybridized carbons (Fsp3) is 0.0769. The van der Waals surface area contributed by atoms with E-state index in [0.29, 0.717) is 22.2 Å². The highest BCUT2D eigenvalue weighted by atomic mass is 35.5. The van der Waals surface area contributed by atoms with Crippen LogP contribution in [0.3, 0.4) is 0 Å². The number of carbonyl (C=O) groups is 1. The van der Waals surface area contributed by atoms with E-state index in [4.69, 9.17) is 17.3 Å². The van der Waals surface area contributed by atoms with Crippen molar-refractivity contribution in [2.24, 2.45) is 0 Å². The highest BCUT2D eigenvalue weighted by Crippen LogP contribution is 2.23.